The molecule has 1 fully saturated rings. The maximum absolute atomic E-state index is 13.1. The molecule has 1 aromatic heterocycles. The Balaban J connectivity index is 1.64. The third-order valence-corrected chi connectivity index (χ3v) is 6.09. The number of hydrogen-bond donors (Lipinski definition) is 1. The Kier molecular flexibility index (Phi) is 5.67. The van der Waals surface area contributed by atoms with E-state index in [1.54, 1.807) is 37.5 Å². The highest BCUT2D eigenvalue weighted by molar-refractivity contribution is 7.80. The number of anilines is 1. The average molecular weight is 455 g/mol. The van der Waals surface area contributed by atoms with Crippen molar-refractivity contribution < 1.29 is 14.3 Å². The molecule has 3 aromatic rings. The summed E-state index contributed by atoms with van der Waals surface area (Å²) >= 11 is 12.6. The first-order valence-corrected chi connectivity index (χ1v) is 10.5. The number of ether oxygens (including phenoxy) is 1. The quantitative estimate of drug-likeness (QED) is 0.346. The molecule has 2 amide bonds. The van der Waals surface area contributed by atoms with Crippen molar-refractivity contribution in [2.45, 2.75) is 0 Å². The smallest absolute Gasteiger partial charge is 0.270 e. The standard InChI is InChI=1S/C22H15ClN2O3S2/c1-28-16-8-2-13(3-9-16)19-11-10-17(30-19)12-18-20(26)24-22(29)25(21(18)27)15-6-4-14(23)5-7-15/h2-12H,1H3,(H,24,26,29). The Bertz CT molecular complexity index is 1170. The second kappa shape index (κ2) is 8.39. The molecule has 0 spiro atoms. The van der Waals surface area contributed by atoms with Crippen LogP contribution in [0.1, 0.15) is 4.88 Å². The third kappa shape index (κ3) is 4.00. The van der Waals surface area contributed by atoms with E-state index in [1.165, 1.54) is 16.2 Å². The molecule has 1 aliphatic heterocycles. The lowest BCUT2D eigenvalue weighted by atomic mass is 10.1. The number of halogens is 1. The van der Waals surface area contributed by atoms with Crippen molar-refractivity contribution in [3.63, 3.8) is 0 Å². The summed E-state index contributed by atoms with van der Waals surface area (Å²) in [5.41, 5.74) is 1.57. The van der Waals surface area contributed by atoms with E-state index in [-0.39, 0.29) is 10.7 Å². The van der Waals surface area contributed by atoms with E-state index >= 15 is 0 Å². The number of carbonyl (C=O) groups is 2. The van der Waals surface area contributed by atoms with Gasteiger partial charge in [0, 0.05) is 14.8 Å². The SMILES string of the molecule is COc1ccc(-c2ccc(C=C3C(=O)NC(=S)N(c4ccc(Cl)cc4)C3=O)s2)cc1. The van der Waals surface area contributed by atoms with Crippen LogP contribution in [0.5, 0.6) is 5.75 Å². The minimum absolute atomic E-state index is 0.0154. The van der Waals surface area contributed by atoms with Crippen molar-refractivity contribution in [1.82, 2.24) is 5.32 Å². The Morgan fingerprint density at radius 1 is 1.03 bits per heavy atom. The van der Waals surface area contributed by atoms with Gasteiger partial charge in [0.25, 0.3) is 11.8 Å². The molecule has 2 heterocycles. The number of methoxy groups -OCH3 is 1. The third-order valence-electron chi connectivity index (χ3n) is 4.47. The van der Waals surface area contributed by atoms with Crippen LogP contribution in [0, 0.1) is 0 Å². The van der Waals surface area contributed by atoms with Crippen LogP contribution in [-0.2, 0) is 9.59 Å². The van der Waals surface area contributed by atoms with Gasteiger partial charge < -0.3 is 4.74 Å². The molecule has 30 heavy (non-hydrogen) atoms. The zero-order chi connectivity index (χ0) is 21.3. The minimum atomic E-state index is -0.519. The number of benzene rings is 2. The Hall–Kier alpha value is -3.00. The second-order valence-corrected chi connectivity index (χ2v) is 8.30. The highest BCUT2D eigenvalue weighted by atomic mass is 35.5. The van der Waals surface area contributed by atoms with Gasteiger partial charge in [-0.3, -0.25) is 19.8 Å². The highest BCUT2D eigenvalue weighted by Gasteiger charge is 2.34. The number of nitrogens with one attached hydrogen (secondary N) is 1. The molecule has 4 rings (SSSR count). The Morgan fingerprint density at radius 2 is 1.73 bits per heavy atom. The summed E-state index contributed by atoms with van der Waals surface area (Å²) in [5.74, 6) is -0.222. The molecule has 1 N–H and O–H groups in total. The number of thiophene rings is 1. The Morgan fingerprint density at radius 3 is 2.40 bits per heavy atom. The number of rotatable bonds is 4. The minimum Gasteiger partial charge on any atom is -0.497 e. The van der Waals surface area contributed by atoms with Crippen LogP contribution >= 0.6 is 35.2 Å². The van der Waals surface area contributed by atoms with E-state index in [9.17, 15) is 9.59 Å². The van der Waals surface area contributed by atoms with Crippen LogP contribution in [0.15, 0.2) is 66.2 Å². The summed E-state index contributed by atoms with van der Waals surface area (Å²) in [7, 11) is 1.62. The molecule has 2 aromatic carbocycles. The zero-order valence-electron chi connectivity index (χ0n) is 15.7. The molecule has 0 saturated carbocycles. The molecule has 0 bridgehead atoms. The van der Waals surface area contributed by atoms with Gasteiger partial charge in [-0.2, -0.15) is 0 Å². The van der Waals surface area contributed by atoms with Gasteiger partial charge in [-0.15, -0.1) is 11.3 Å². The fraction of sp³-hybridized carbons (Fsp3) is 0.0455. The molecule has 5 nitrogen and oxygen atoms in total. The van der Waals surface area contributed by atoms with Crippen molar-refractivity contribution in [1.29, 1.82) is 0 Å². The van der Waals surface area contributed by atoms with E-state index in [1.807, 2.05) is 36.4 Å². The second-order valence-electron chi connectivity index (χ2n) is 6.36. The van der Waals surface area contributed by atoms with E-state index in [4.69, 9.17) is 28.6 Å². The van der Waals surface area contributed by atoms with E-state index in [2.05, 4.69) is 5.32 Å². The lowest BCUT2D eigenvalue weighted by Gasteiger charge is -2.28. The van der Waals surface area contributed by atoms with Gasteiger partial charge in [-0.25, -0.2) is 0 Å². The van der Waals surface area contributed by atoms with Crippen molar-refractivity contribution in [3.8, 4) is 16.2 Å². The van der Waals surface area contributed by atoms with Gasteiger partial charge in [-0.1, -0.05) is 11.6 Å². The molecule has 0 unspecified atom stereocenters. The Labute approximate surface area is 187 Å². The van der Waals surface area contributed by atoms with Crippen LogP contribution in [0.3, 0.4) is 0 Å². The zero-order valence-corrected chi connectivity index (χ0v) is 18.1. The maximum atomic E-state index is 13.1. The molecule has 0 atom stereocenters. The van der Waals surface area contributed by atoms with Crippen molar-refractivity contribution in [2.24, 2.45) is 0 Å². The van der Waals surface area contributed by atoms with Crippen molar-refractivity contribution in [2.75, 3.05) is 12.0 Å². The largest absolute Gasteiger partial charge is 0.497 e. The normalized spacial score (nSPS) is 15.5. The number of carbonyl (C=O) groups excluding carboxylic acids is 2. The van der Waals surface area contributed by atoms with Gasteiger partial charge in [0.1, 0.15) is 11.3 Å². The van der Waals surface area contributed by atoms with E-state index in [0.717, 1.165) is 21.1 Å². The van der Waals surface area contributed by atoms with Gasteiger partial charge >= 0.3 is 0 Å². The van der Waals surface area contributed by atoms with Crippen LogP contribution in [0.25, 0.3) is 16.5 Å². The van der Waals surface area contributed by atoms with Crippen molar-refractivity contribution in [3.05, 3.63) is 76.1 Å². The number of amides is 2. The summed E-state index contributed by atoms with van der Waals surface area (Å²) < 4.78 is 5.19. The van der Waals surface area contributed by atoms with Crippen LogP contribution in [-0.4, -0.2) is 24.0 Å². The first-order chi connectivity index (χ1) is 14.5. The van der Waals surface area contributed by atoms with Gasteiger partial charge in [0.15, 0.2) is 5.11 Å². The molecular formula is C22H15ClN2O3S2. The molecule has 0 radical (unpaired) electrons. The summed E-state index contributed by atoms with van der Waals surface area (Å²) in [6.07, 6.45) is 1.58. The van der Waals surface area contributed by atoms with Crippen LogP contribution in [0.4, 0.5) is 5.69 Å². The van der Waals surface area contributed by atoms with Gasteiger partial charge in [0.2, 0.25) is 0 Å². The maximum Gasteiger partial charge on any atom is 0.270 e. The lowest BCUT2D eigenvalue weighted by Crippen LogP contribution is -2.54. The molecule has 0 aliphatic carbocycles. The number of thiocarbonyl (C=S) groups is 1. The van der Waals surface area contributed by atoms with Crippen LogP contribution < -0.4 is 15.0 Å². The monoisotopic (exact) mass is 454 g/mol. The lowest BCUT2D eigenvalue weighted by molar-refractivity contribution is -0.122. The number of hydrogen-bond acceptors (Lipinski definition) is 5. The molecule has 1 saturated heterocycles. The highest BCUT2D eigenvalue weighted by Crippen LogP contribution is 2.31. The first kappa shape index (κ1) is 20.3. The summed E-state index contributed by atoms with van der Waals surface area (Å²) in [6.45, 7) is 0. The summed E-state index contributed by atoms with van der Waals surface area (Å²) in [6, 6.07) is 18.2. The fourth-order valence-electron chi connectivity index (χ4n) is 2.97. The van der Waals surface area contributed by atoms with Gasteiger partial charge in [-0.05, 0) is 84.5 Å². The van der Waals surface area contributed by atoms with Gasteiger partial charge in [0.05, 0.1) is 12.8 Å². The van der Waals surface area contributed by atoms with Crippen molar-refractivity contribution >= 4 is 63.8 Å². The number of nitrogens with zero attached hydrogens (tertiary/aromatic N) is 1. The van der Waals surface area contributed by atoms with E-state index in [0.29, 0.717) is 10.7 Å². The fourth-order valence-corrected chi connectivity index (χ4v) is 4.33. The van der Waals surface area contributed by atoms with Crippen LogP contribution in [0.2, 0.25) is 5.02 Å². The summed E-state index contributed by atoms with van der Waals surface area (Å²) in [4.78, 5) is 28.6. The molecular weight excluding hydrogens is 440 g/mol. The average Bonchev–Trinajstić information content (AvgIpc) is 3.21. The topological polar surface area (TPSA) is 58.6 Å². The first-order valence-electron chi connectivity index (χ1n) is 8.87. The summed E-state index contributed by atoms with van der Waals surface area (Å²) in [5, 5.41) is 3.16. The molecule has 8 heteroatoms. The predicted octanol–water partition coefficient (Wildman–Crippen LogP) is 4.91. The predicted molar refractivity (Wildman–Crippen MR) is 124 cm³/mol. The molecule has 1 aliphatic rings. The molecule has 150 valence electrons. The van der Waals surface area contributed by atoms with E-state index < -0.39 is 11.8 Å².